The van der Waals surface area contributed by atoms with Crippen LogP contribution in [0.5, 0.6) is 5.75 Å². The van der Waals surface area contributed by atoms with Crippen LogP contribution in [0.15, 0.2) is 45.7 Å². The fraction of sp³-hybridized carbons (Fsp3) is 0.250. The van der Waals surface area contributed by atoms with Gasteiger partial charge in [0, 0.05) is 28.3 Å². The first-order valence-electron chi connectivity index (χ1n) is 9.93. The molecule has 31 heavy (non-hydrogen) atoms. The number of carboxylic acid groups (broad SMARTS) is 1. The highest BCUT2D eigenvalue weighted by Gasteiger charge is 2.24. The van der Waals surface area contributed by atoms with Gasteiger partial charge in [0.05, 0.1) is 18.6 Å². The Hall–Kier alpha value is -2.93. The third kappa shape index (κ3) is 3.90. The third-order valence-corrected chi connectivity index (χ3v) is 6.17. The molecule has 1 aliphatic heterocycles. The van der Waals surface area contributed by atoms with Crippen molar-refractivity contribution >= 4 is 21.9 Å². The molecule has 160 valence electrons. The average Bonchev–Trinajstić information content (AvgIpc) is 2.73. The molecule has 1 aromatic heterocycles. The Bertz CT molecular complexity index is 1270. The molecule has 7 heteroatoms. The van der Waals surface area contributed by atoms with E-state index in [1.165, 1.54) is 17.7 Å². The average molecular weight is 486 g/mol. The number of fused-ring (bicyclic) bond motifs is 1. The highest BCUT2D eigenvalue weighted by molar-refractivity contribution is 9.10. The van der Waals surface area contributed by atoms with Crippen LogP contribution in [0.1, 0.15) is 23.2 Å². The number of carboxylic acids is 1. The maximum absolute atomic E-state index is 14.8. The number of benzene rings is 2. The van der Waals surface area contributed by atoms with Gasteiger partial charge in [-0.25, -0.2) is 4.39 Å². The number of ether oxygens (including phenoxy) is 1. The van der Waals surface area contributed by atoms with Gasteiger partial charge in [-0.3, -0.25) is 9.59 Å². The maximum Gasteiger partial charge on any atom is 0.309 e. The van der Waals surface area contributed by atoms with Crippen molar-refractivity contribution in [2.45, 2.75) is 26.2 Å². The van der Waals surface area contributed by atoms with Gasteiger partial charge >= 0.3 is 5.97 Å². The molecule has 0 saturated heterocycles. The Kier molecular flexibility index (Phi) is 5.71. The number of nitrogens with zero attached hydrogens (tertiary/aromatic N) is 1. The molecule has 0 unspecified atom stereocenters. The summed E-state index contributed by atoms with van der Waals surface area (Å²) in [4.78, 5) is 24.8. The molecule has 0 radical (unpaired) electrons. The zero-order chi connectivity index (χ0) is 22.3. The molecule has 5 nitrogen and oxygen atoms in total. The topological polar surface area (TPSA) is 68.5 Å². The molecule has 0 fully saturated rings. The summed E-state index contributed by atoms with van der Waals surface area (Å²) in [7, 11) is 1.53. The first kappa shape index (κ1) is 21.3. The predicted octanol–water partition coefficient (Wildman–Crippen LogP) is 4.88. The molecule has 0 spiro atoms. The standard InChI is InChI=1S/C24H21BrFNO4/c1-13-22(15-5-8-20-14(10-15)4-3-9-31-20)19(12-21(28)29)27(2)24(30)23(13)17-7-6-16(25)11-18(17)26/h5-8,10-11H,3-4,9,12H2,1-2H3,(H,28,29). The Morgan fingerprint density at radius 3 is 2.71 bits per heavy atom. The Balaban J connectivity index is 2.04. The number of rotatable bonds is 4. The molecule has 0 aliphatic carbocycles. The summed E-state index contributed by atoms with van der Waals surface area (Å²) >= 11 is 3.24. The van der Waals surface area contributed by atoms with E-state index in [2.05, 4.69) is 15.9 Å². The highest BCUT2D eigenvalue weighted by atomic mass is 79.9. The van der Waals surface area contributed by atoms with Gasteiger partial charge in [0.1, 0.15) is 11.6 Å². The van der Waals surface area contributed by atoms with E-state index in [-0.39, 0.29) is 17.5 Å². The van der Waals surface area contributed by atoms with E-state index in [0.29, 0.717) is 27.9 Å². The van der Waals surface area contributed by atoms with Gasteiger partial charge in [0.25, 0.3) is 5.56 Å². The molecular weight excluding hydrogens is 465 g/mol. The van der Waals surface area contributed by atoms with Crippen molar-refractivity contribution in [1.29, 1.82) is 0 Å². The number of aryl methyl sites for hydroxylation is 1. The second-order valence-corrected chi connectivity index (χ2v) is 8.57. The maximum atomic E-state index is 14.8. The molecule has 0 atom stereocenters. The summed E-state index contributed by atoms with van der Waals surface area (Å²) in [5.74, 6) is -0.749. The van der Waals surface area contributed by atoms with Crippen LogP contribution in [0.2, 0.25) is 0 Å². The van der Waals surface area contributed by atoms with Crippen molar-refractivity contribution < 1.29 is 19.0 Å². The summed E-state index contributed by atoms with van der Waals surface area (Å²) in [6.45, 7) is 2.41. The molecule has 3 aromatic rings. The van der Waals surface area contributed by atoms with Crippen LogP contribution in [0.4, 0.5) is 4.39 Å². The second kappa shape index (κ2) is 8.30. The highest BCUT2D eigenvalue weighted by Crippen LogP contribution is 2.37. The van der Waals surface area contributed by atoms with Crippen LogP contribution in [0, 0.1) is 12.7 Å². The van der Waals surface area contributed by atoms with Crippen LogP contribution in [0.3, 0.4) is 0 Å². The SMILES string of the molecule is Cc1c(-c2ccc3c(c2)CCCO3)c(CC(=O)O)n(C)c(=O)c1-c1ccc(Br)cc1F. The second-order valence-electron chi connectivity index (χ2n) is 7.66. The fourth-order valence-electron chi connectivity index (χ4n) is 4.22. The lowest BCUT2D eigenvalue weighted by atomic mass is 9.89. The van der Waals surface area contributed by atoms with Gasteiger partial charge in [-0.2, -0.15) is 0 Å². The van der Waals surface area contributed by atoms with E-state index >= 15 is 0 Å². The molecule has 0 amide bonds. The van der Waals surface area contributed by atoms with Gasteiger partial charge in [0.15, 0.2) is 0 Å². The zero-order valence-corrected chi connectivity index (χ0v) is 18.8. The van der Waals surface area contributed by atoms with E-state index in [1.807, 2.05) is 18.2 Å². The number of hydrogen-bond donors (Lipinski definition) is 1. The Morgan fingerprint density at radius 2 is 2.00 bits per heavy atom. The molecule has 0 bridgehead atoms. The first-order valence-corrected chi connectivity index (χ1v) is 10.7. The van der Waals surface area contributed by atoms with Gasteiger partial charge in [-0.15, -0.1) is 0 Å². The van der Waals surface area contributed by atoms with E-state index < -0.39 is 17.3 Å². The van der Waals surface area contributed by atoms with Crippen molar-refractivity contribution in [2.75, 3.05) is 6.61 Å². The number of halogens is 2. The summed E-state index contributed by atoms with van der Waals surface area (Å²) < 4.78 is 22.4. The molecule has 0 saturated carbocycles. The van der Waals surface area contributed by atoms with Gasteiger partial charge < -0.3 is 14.4 Å². The summed E-state index contributed by atoms with van der Waals surface area (Å²) in [5, 5.41) is 9.50. The Labute approximate surface area is 187 Å². The summed E-state index contributed by atoms with van der Waals surface area (Å²) in [6.07, 6.45) is 1.44. The fourth-order valence-corrected chi connectivity index (χ4v) is 4.55. The largest absolute Gasteiger partial charge is 0.493 e. The molecule has 4 rings (SSSR count). The first-order chi connectivity index (χ1) is 14.8. The van der Waals surface area contributed by atoms with Crippen molar-refractivity contribution in [1.82, 2.24) is 4.57 Å². The number of aromatic nitrogens is 1. The summed E-state index contributed by atoms with van der Waals surface area (Å²) in [6, 6.07) is 10.3. The minimum absolute atomic E-state index is 0.186. The molecular formula is C24H21BrFNO4. The van der Waals surface area contributed by atoms with Crippen molar-refractivity contribution in [3.05, 3.63) is 73.9 Å². The molecule has 1 N–H and O–H groups in total. The van der Waals surface area contributed by atoms with Gasteiger partial charge in [0.2, 0.25) is 0 Å². The predicted molar refractivity (Wildman–Crippen MR) is 120 cm³/mol. The van der Waals surface area contributed by atoms with Crippen LogP contribution >= 0.6 is 15.9 Å². The third-order valence-electron chi connectivity index (χ3n) is 5.68. The van der Waals surface area contributed by atoms with Gasteiger partial charge in [-0.05, 0) is 60.7 Å². The van der Waals surface area contributed by atoms with E-state index in [4.69, 9.17) is 4.74 Å². The smallest absolute Gasteiger partial charge is 0.309 e. The van der Waals surface area contributed by atoms with E-state index in [0.717, 1.165) is 29.7 Å². The number of pyridine rings is 1. The Morgan fingerprint density at radius 1 is 1.23 bits per heavy atom. The van der Waals surface area contributed by atoms with Gasteiger partial charge in [-0.1, -0.05) is 28.1 Å². The molecule has 2 heterocycles. The zero-order valence-electron chi connectivity index (χ0n) is 17.2. The van der Waals surface area contributed by atoms with Crippen LogP contribution < -0.4 is 10.3 Å². The lowest BCUT2D eigenvalue weighted by Gasteiger charge is -2.22. The monoisotopic (exact) mass is 485 g/mol. The molecule has 1 aliphatic rings. The van der Waals surface area contributed by atoms with E-state index in [9.17, 15) is 19.1 Å². The quantitative estimate of drug-likeness (QED) is 0.571. The normalized spacial score (nSPS) is 12.9. The summed E-state index contributed by atoms with van der Waals surface area (Å²) in [5.41, 5.74) is 3.37. The lowest BCUT2D eigenvalue weighted by Crippen LogP contribution is -2.26. The van der Waals surface area contributed by atoms with E-state index in [1.54, 1.807) is 19.1 Å². The minimum Gasteiger partial charge on any atom is -0.493 e. The number of carbonyl (C=O) groups is 1. The van der Waals surface area contributed by atoms with Crippen molar-refractivity contribution in [3.8, 4) is 28.0 Å². The number of hydrogen-bond acceptors (Lipinski definition) is 3. The minimum atomic E-state index is -1.04. The van der Waals surface area contributed by atoms with Crippen LogP contribution in [0.25, 0.3) is 22.3 Å². The lowest BCUT2D eigenvalue weighted by molar-refractivity contribution is -0.136. The molecule has 2 aromatic carbocycles. The van der Waals surface area contributed by atoms with Crippen molar-refractivity contribution in [3.63, 3.8) is 0 Å². The van der Waals surface area contributed by atoms with Crippen LogP contribution in [-0.2, 0) is 24.7 Å². The number of aliphatic carboxylic acids is 1. The van der Waals surface area contributed by atoms with Crippen molar-refractivity contribution in [2.24, 2.45) is 7.05 Å². The van der Waals surface area contributed by atoms with Crippen LogP contribution in [-0.4, -0.2) is 22.2 Å².